The predicted molar refractivity (Wildman–Crippen MR) is 99.3 cm³/mol. The number of amides is 1. The molecule has 1 aliphatic heterocycles. The van der Waals surface area contributed by atoms with Crippen molar-refractivity contribution in [2.24, 2.45) is 7.05 Å². The van der Waals surface area contributed by atoms with E-state index in [-0.39, 0.29) is 12.5 Å². The van der Waals surface area contributed by atoms with Crippen LogP contribution in [0.4, 0.5) is 0 Å². The van der Waals surface area contributed by atoms with Gasteiger partial charge in [-0.05, 0) is 62.4 Å². The second kappa shape index (κ2) is 7.50. The highest BCUT2D eigenvalue weighted by atomic mass is 16.5. The molecule has 1 unspecified atom stereocenters. The Morgan fingerprint density at radius 3 is 2.73 bits per heavy atom. The predicted octanol–water partition coefficient (Wildman–Crippen LogP) is 2.47. The van der Waals surface area contributed by atoms with E-state index in [2.05, 4.69) is 12.0 Å². The first kappa shape index (κ1) is 18.5. The van der Waals surface area contributed by atoms with Crippen LogP contribution in [0.3, 0.4) is 0 Å². The fraction of sp³-hybridized carbons (Fsp3) is 0.500. The lowest BCUT2D eigenvalue weighted by atomic mass is 9.96. The lowest BCUT2D eigenvalue weighted by Gasteiger charge is -2.27. The van der Waals surface area contributed by atoms with Crippen molar-refractivity contribution in [3.63, 3.8) is 0 Å². The van der Waals surface area contributed by atoms with Crippen LogP contribution in [0.15, 0.2) is 30.5 Å². The minimum atomic E-state index is -0.916. The summed E-state index contributed by atoms with van der Waals surface area (Å²) in [5.74, 6) is 0.734. The van der Waals surface area contributed by atoms with Crippen LogP contribution < -0.4 is 4.74 Å². The third-order valence-corrected chi connectivity index (χ3v) is 5.23. The summed E-state index contributed by atoms with van der Waals surface area (Å²) in [6.07, 6.45) is 3.49. The summed E-state index contributed by atoms with van der Waals surface area (Å²) in [6, 6.07) is 7.67. The highest BCUT2D eigenvalue weighted by Crippen LogP contribution is 2.25. The van der Waals surface area contributed by atoms with Crippen LogP contribution in [-0.4, -0.2) is 51.0 Å². The molecule has 1 amide bonds. The van der Waals surface area contributed by atoms with Gasteiger partial charge in [0, 0.05) is 26.3 Å². The van der Waals surface area contributed by atoms with Crippen molar-refractivity contribution in [1.29, 1.82) is 0 Å². The van der Waals surface area contributed by atoms with E-state index in [0.717, 1.165) is 12.2 Å². The summed E-state index contributed by atoms with van der Waals surface area (Å²) in [4.78, 5) is 14.4. The minimum Gasteiger partial charge on any atom is -0.491 e. The van der Waals surface area contributed by atoms with Gasteiger partial charge in [-0.2, -0.15) is 5.10 Å². The number of ether oxygens (including phenoxy) is 1. The number of aromatic nitrogens is 2. The SMILES string of the molecule is Cc1ccc(OCC2(O)CCCN(C(=O)c3ccnn3C)CC2)cc1C. The van der Waals surface area contributed by atoms with Gasteiger partial charge >= 0.3 is 0 Å². The van der Waals surface area contributed by atoms with Crippen molar-refractivity contribution in [2.45, 2.75) is 38.7 Å². The summed E-state index contributed by atoms with van der Waals surface area (Å²) in [5.41, 5.74) is 2.04. The summed E-state index contributed by atoms with van der Waals surface area (Å²) in [7, 11) is 1.76. The van der Waals surface area contributed by atoms with Crippen molar-refractivity contribution in [3.05, 3.63) is 47.3 Å². The second-order valence-corrected chi connectivity index (χ2v) is 7.24. The van der Waals surface area contributed by atoms with Crippen LogP contribution in [0.25, 0.3) is 0 Å². The quantitative estimate of drug-likeness (QED) is 0.913. The lowest BCUT2D eigenvalue weighted by molar-refractivity contribution is -0.0163. The van der Waals surface area contributed by atoms with Gasteiger partial charge in [-0.1, -0.05) is 6.07 Å². The zero-order valence-electron chi connectivity index (χ0n) is 15.7. The van der Waals surface area contributed by atoms with Gasteiger partial charge in [0.05, 0.1) is 0 Å². The van der Waals surface area contributed by atoms with Crippen molar-refractivity contribution < 1.29 is 14.6 Å². The van der Waals surface area contributed by atoms with Gasteiger partial charge in [-0.25, -0.2) is 0 Å². The smallest absolute Gasteiger partial charge is 0.272 e. The molecule has 0 spiro atoms. The topological polar surface area (TPSA) is 67.6 Å². The molecule has 2 aromatic rings. The molecule has 1 saturated heterocycles. The highest BCUT2D eigenvalue weighted by Gasteiger charge is 2.33. The molecule has 1 atom stereocenters. The van der Waals surface area contributed by atoms with Gasteiger partial charge in [0.25, 0.3) is 5.91 Å². The van der Waals surface area contributed by atoms with E-state index in [0.29, 0.717) is 31.6 Å². The molecule has 1 N–H and O–H groups in total. The maximum absolute atomic E-state index is 12.6. The average Bonchev–Trinajstić information content (AvgIpc) is 2.94. The van der Waals surface area contributed by atoms with Gasteiger partial charge in [0.15, 0.2) is 0 Å². The zero-order chi connectivity index (χ0) is 18.7. The molecule has 0 saturated carbocycles. The summed E-state index contributed by atoms with van der Waals surface area (Å²) in [6.45, 7) is 5.49. The van der Waals surface area contributed by atoms with E-state index in [9.17, 15) is 9.90 Å². The standard InChI is InChI=1S/C20H27N3O3/c1-15-5-6-17(13-16(15)2)26-14-20(25)8-4-11-23(12-9-20)19(24)18-7-10-21-22(18)3/h5-7,10,13,25H,4,8-9,11-12,14H2,1-3H3. The summed E-state index contributed by atoms with van der Waals surface area (Å²) in [5, 5.41) is 15.0. The molecular weight excluding hydrogens is 330 g/mol. The number of likely N-dealkylation sites (tertiary alicyclic amines) is 1. The molecule has 1 aliphatic rings. The number of nitrogens with zero attached hydrogens (tertiary/aromatic N) is 3. The molecular formula is C20H27N3O3. The normalized spacial score (nSPS) is 20.7. The Hall–Kier alpha value is -2.34. The Morgan fingerprint density at radius 1 is 1.23 bits per heavy atom. The molecule has 3 rings (SSSR count). The number of benzene rings is 1. The molecule has 0 aliphatic carbocycles. The van der Waals surface area contributed by atoms with E-state index in [4.69, 9.17) is 4.74 Å². The Labute approximate surface area is 154 Å². The fourth-order valence-electron chi connectivity index (χ4n) is 3.29. The molecule has 6 nitrogen and oxygen atoms in total. The third kappa shape index (κ3) is 4.07. The summed E-state index contributed by atoms with van der Waals surface area (Å²) >= 11 is 0. The van der Waals surface area contributed by atoms with Crippen LogP contribution in [0, 0.1) is 13.8 Å². The maximum Gasteiger partial charge on any atom is 0.272 e. The van der Waals surface area contributed by atoms with Crippen molar-refractivity contribution in [1.82, 2.24) is 14.7 Å². The van der Waals surface area contributed by atoms with Crippen molar-refractivity contribution in [2.75, 3.05) is 19.7 Å². The van der Waals surface area contributed by atoms with E-state index < -0.39 is 5.60 Å². The van der Waals surface area contributed by atoms with Crippen LogP contribution in [0.2, 0.25) is 0 Å². The maximum atomic E-state index is 12.6. The number of aliphatic hydroxyl groups is 1. The molecule has 2 heterocycles. The number of aryl methyl sites for hydroxylation is 3. The molecule has 6 heteroatoms. The Kier molecular flexibility index (Phi) is 5.32. The Balaban J connectivity index is 1.60. The van der Waals surface area contributed by atoms with Gasteiger partial charge in [0.2, 0.25) is 0 Å². The first-order chi connectivity index (χ1) is 12.4. The number of hydrogen-bond acceptors (Lipinski definition) is 4. The first-order valence-electron chi connectivity index (χ1n) is 9.08. The molecule has 0 radical (unpaired) electrons. The van der Waals surface area contributed by atoms with E-state index in [1.807, 2.05) is 25.1 Å². The summed E-state index contributed by atoms with van der Waals surface area (Å²) < 4.78 is 7.44. The molecule has 1 aromatic carbocycles. The number of hydrogen-bond donors (Lipinski definition) is 1. The first-order valence-corrected chi connectivity index (χ1v) is 9.08. The molecule has 1 fully saturated rings. The largest absolute Gasteiger partial charge is 0.491 e. The van der Waals surface area contributed by atoms with Crippen LogP contribution in [-0.2, 0) is 7.05 Å². The van der Waals surface area contributed by atoms with E-state index in [1.54, 1.807) is 28.9 Å². The van der Waals surface area contributed by atoms with Gasteiger partial charge in [-0.15, -0.1) is 0 Å². The van der Waals surface area contributed by atoms with Gasteiger partial charge in [-0.3, -0.25) is 9.48 Å². The number of carbonyl (C=O) groups is 1. The molecule has 0 bridgehead atoms. The van der Waals surface area contributed by atoms with Crippen LogP contribution >= 0.6 is 0 Å². The monoisotopic (exact) mass is 357 g/mol. The van der Waals surface area contributed by atoms with Gasteiger partial charge in [0.1, 0.15) is 23.7 Å². The van der Waals surface area contributed by atoms with Crippen LogP contribution in [0.1, 0.15) is 40.9 Å². The highest BCUT2D eigenvalue weighted by molar-refractivity contribution is 5.92. The zero-order valence-corrected chi connectivity index (χ0v) is 15.7. The van der Waals surface area contributed by atoms with Gasteiger partial charge < -0.3 is 14.7 Å². The van der Waals surface area contributed by atoms with E-state index >= 15 is 0 Å². The Bertz CT molecular complexity index is 786. The fourth-order valence-corrected chi connectivity index (χ4v) is 3.29. The second-order valence-electron chi connectivity index (χ2n) is 7.24. The average molecular weight is 357 g/mol. The lowest BCUT2D eigenvalue weighted by Crippen LogP contribution is -2.38. The van der Waals surface area contributed by atoms with Crippen molar-refractivity contribution in [3.8, 4) is 5.75 Å². The molecule has 26 heavy (non-hydrogen) atoms. The molecule has 140 valence electrons. The molecule has 1 aromatic heterocycles. The Morgan fingerprint density at radius 2 is 2.04 bits per heavy atom. The number of carbonyl (C=O) groups excluding carboxylic acids is 1. The number of rotatable bonds is 4. The van der Waals surface area contributed by atoms with Crippen molar-refractivity contribution >= 4 is 5.91 Å². The van der Waals surface area contributed by atoms with Crippen LogP contribution in [0.5, 0.6) is 5.75 Å². The minimum absolute atomic E-state index is 0.0377. The third-order valence-electron chi connectivity index (χ3n) is 5.23. The van der Waals surface area contributed by atoms with E-state index in [1.165, 1.54) is 11.1 Å².